The Hall–Kier alpha value is -4.29. The second kappa shape index (κ2) is 10.2. The molecule has 4 heterocycles. The van der Waals surface area contributed by atoms with E-state index in [2.05, 4.69) is 4.99 Å². The number of nitro benzene ring substituents is 1. The molecular formula is C26H21N3O7S2. The maximum absolute atomic E-state index is 13.6. The van der Waals surface area contributed by atoms with Gasteiger partial charge in [0.25, 0.3) is 11.2 Å². The fraction of sp³-hybridized carbons (Fsp3) is 0.192. The van der Waals surface area contributed by atoms with Crippen molar-refractivity contribution in [3.8, 4) is 17.1 Å². The first-order valence-electron chi connectivity index (χ1n) is 11.5. The number of furan rings is 1. The maximum atomic E-state index is 13.6. The molecular weight excluding hydrogens is 530 g/mol. The van der Waals surface area contributed by atoms with Crippen LogP contribution in [0.2, 0.25) is 0 Å². The molecule has 194 valence electrons. The first-order chi connectivity index (χ1) is 18.3. The lowest BCUT2D eigenvalue weighted by molar-refractivity contribution is -0.384. The maximum Gasteiger partial charge on any atom is 0.338 e. The topological polar surface area (TPSA) is 126 Å². The Bertz CT molecular complexity index is 1760. The van der Waals surface area contributed by atoms with Crippen molar-refractivity contribution in [1.29, 1.82) is 0 Å². The zero-order valence-corrected chi connectivity index (χ0v) is 22.1. The number of benzene rings is 1. The van der Waals surface area contributed by atoms with Gasteiger partial charge in [0.1, 0.15) is 23.3 Å². The van der Waals surface area contributed by atoms with Crippen LogP contribution >= 0.6 is 22.7 Å². The molecule has 0 saturated carbocycles. The lowest BCUT2D eigenvalue weighted by atomic mass is 10.0. The van der Waals surface area contributed by atoms with Crippen LogP contribution in [0.25, 0.3) is 17.4 Å². The van der Waals surface area contributed by atoms with E-state index >= 15 is 0 Å². The quantitative estimate of drug-likeness (QED) is 0.193. The van der Waals surface area contributed by atoms with Crippen LogP contribution in [0.4, 0.5) is 5.69 Å². The lowest BCUT2D eigenvalue weighted by Crippen LogP contribution is -2.39. The van der Waals surface area contributed by atoms with Crippen LogP contribution in [0, 0.1) is 10.1 Å². The summed E-state index contributed by atoms with van der Waals surface area (Å²) in [4.78, 5) is 43.1. The third-order valence-corrected chi connectivity index (χ3v) is 7.80. The minimum Gasteiger partial charge on any atom is -0.496 e. The number of ether oxygens (including phenoxy) is 2. The second-order valence-electron chi connectivity index (χ2n) is 8.16. The molecule has 5 rings (SSSR count). The summed E-state index contributed by atoms with van der Waals surface area (Å²) in [5.74, 6) is 0.617. The van der Waals surface area contributed by atoms with Crippen LogP contribution in [-0.2, 0) is 9.53 Å². The summed E-state index contributed by atoms with van der Waals surface area (Å²) in [5, 5.41) is 13.1. The lowest BCUT2D eigenvalue weighted by Gasteiger charge is -2.23. The van der Waals surface area contributed by atoms with Crippen molar-refractivity contribution in [2.45, 2.75) is 19.9 Å². The molecule has 0 aliphatic carbocycles. The molecule has 0 fully saturated rings. The minimum atomic E-state index is -0.659. The highest BCUT2D eigenvalue weighted by Gasteiger charge is 2.34. The van der Waals surface area contributed by atoms with Crippen LogP contribution in [0.1, 0.15) is 30.5 Å². The largest absolute Gasteiger partial charge is 0.496 e. The predicted molar refractivity (Wildman–Crippen MR) is 142 cm³/mol. The molecule has 0 N–H and O–H groups in total. The van der Waals surface area contributed by atoms with Crippen molar-refractivity contribution < 1.29 is 23.6 Å². The highest BCUT2D eigenvalue weighted by molar-refractivity contribution is 7.10. The Balaban J connectivity index is 1.61. The van der Waals surface area contributed by atoms with Gasteiger partial charge in [-0.3, -0.25) is 19.5 Å². The number of nitro groups is 1. The Morgan fingerprint density at radius 3 is 2.79 bits per heavy atom. The number of non-ortho nitro benzene ring substituents is 1. The average molecular weight is 552 g/mol. The van der Waals surface area contributed by atoms with Gasteiger partial charge in [-0.2, -0.15) is 0 Å². The van der Waals surface area contributed by atoms with Gasteiger partial charge >= 0.3 is 5.97 Å². The van der Waals surface area contributed by atoms with Crippen LogP contribution in [-0.4, -0.2) is 29.2 Å². The van der Waals surface area contributed by atoms with E-state index < -0.39 is 16.9 Å². The van der Waals surface area contributed by atoms with Gasteiger partial charge in [-0.25, -0.2) is 9.79 Å². The van der Waals surface area contributed by atoms with Gasteiger partial charge in [0, 0.05) is 23.1 Å². The van der Waals surface area contributed by atoms with E-state index in [-0.39, 0.29) is 17.9 Å². The summed E-state index contributed by atoms with van der Waals surface area (Å²) in [5.41, 5.74) is 0.801. The molecule has 12 heteroatoms. The molecule has 0 saturated heterocycles. The summed E-state index contributed by atoms with van der Waals surface area (Å²) in [6.07, 6.45) is 1.59. The van der Waals surface area contributed by atoms with Gasteiger partial charge in [-0.05, 0) is 43.5 Å². The number of aromatic nitrogens is 1. The van der Waals surface area contributed by atoms with Crippen LogP contribution in [0.5, 0.6) is 5.75 Å². The van der Waals surface area contributed by atoms with E-state index in [9.17, 15) is 19.7 Å². The van der Waals surface area contributed by atoms with Crippen molar-refractivity contribution in [2.24, 2.45) is 4.99 Å². The Kier molecular flexibility index (Phi) is 6.83. The van der Waals surface area contributed by atoms with Crippen LogP contribution < -0.4 is 19.6 Å². The van der Waals surface area contributed by atoms with E-state index in [1.807, 2.05) is 17.5 Å². The van der Waals surface area contributed by atoms with Crippen molar-refractivity contribution >= 4 is 40.4 Å². The summed E-state index contributed by atoms with van der Waals surface area (Å²) in [6, 6.07) is 10.6. The van der Waals surface area contributed by atoms with Gasteiger partial charge in [-0.1, -0.05) is 17.4 Å². The highest BCUT2D eigenvalue weighted by atomic mass is 32.1. The predicted octanol–water partition coefficient (Wildman–Crippen LogP) is 4.04. The molecule has 1 aliphatic heterocycles. The number of nitrogens with zero attached hydrogens (tertiary/aromatic N) is 3. The van der Waals surface area contributed by atoms with Gasteiger partial charge in [0.05, 0.1) is 40.0 Å². The normalized spacial score (nSPS) is 15.2. The standard InChI is InChI=1S/C26H21N3O7S2/c1-4-35-25(31)22-14(2)27-26-28(23(22)20-6-5-11-37-20)24(30)21(38-26)13-16-8-10-19(36-16)17-12-15(29(32)33)7-9-18(17)34-3/h5-13,23H,4H2,1-3H3/b21-13+/t23-/m1/s1. The van der Waals surface area contributed by atoms with Crippen molar-refractivity contribution in [2.75, 3.05) is 13.7 Å². The van der Waals surface area contributed by atoms with E-state index in [0.29, 0.717) is 43.4 Å². The summed E-state index contributed by atoms with van der Waals surface area (Å²) in [7, 11) is 1.46. The number of carbonyl (C=O) groups excluding carboxylic acids is 1. The summed E-state index contributed by atoms with van der Waals surface area (Å²) < 4.78 is 18.4. The Labute approximate surface area is 223 Å². The number of fused-ring (bicyclic) bond motifs is 1. The number of carbonyl (C=O) groups is 1. The molecule has 0 amide bonds. The van der Waals surface area contributed by atoms with Crippen molar-refractivity contribution in [3.05, 3.63) is 99.6 Å². The zero-order valence-electron chi connectivity index (χ0n) is 20.5. The van der Waals surface area contributed by atoms with Gasteiger partial charge < -0.3 is 13.9 Å². The second-order valence-corrected chi connectivity index (χ2v) is 10.1. The minimum absolute atomic E-state index is 0.103. The van der Waals surface area contributed by atoms with Crippen LogP contribution in [0.3, 0.4) is 0 Å². The average Bonchev–Trinajstić information content (AvgIpc) is 3.65. The van der Waals surface area contributed by atoms with E-state index in [1.54, 1.807) is 32.1 Å². The molecule has 0 bridgehead atoms. The molecule has 0 unspecified atom stereocenters. The highest BCUT2D eigenvalue weighted by Crippen LogP contribution is 2.35. The third kappa shape index (κ3) is 4.48. The molecule has 0 spiro atoms. The fourth-order valence-corrected chi connectivity index (χ4v) is 6.06. The zero-order chi connectivity index (χ0) is 27.0. The summed E-state index contributed by atoms with van der Waals surface area (Å²) in [6.45, 7) is 3.66. The van der Waals surface area contributed by atoms with Crippen molar-refractivity contribution in [3.63, 3.8) is 0 Å². The molecule has 38 heavy (non-hydrogen) atoms. The number of rotatable bonds is 7. The Morgan fingerprint density at radius 1 is 1.29 bits per heavy atom. The number of methoxy groups -OCH3 is 1. The van der Waals surface area contributed by atoms with E-state index in [1.165, 1.54) is 52.5 Å². The van der Waals surface area contributed by atoms with Gasteiger partial charge in [-0.15, -0.1) is 11.3 Å². The number of allylic oxidation sites excluding steroid dienone is 1. The molecule has 4 aromatic rings. The SMILES string of the molecule is CCOC(=O)C1=C(C)N=c2s/c(=C/c3ccc(-c4cc([N+](=O)[O-])ccc4OC)o3)c(=O)n2[C@@H]1c1cccs1. The number of hydrogen-bond donors (Lipinski definition) is 0. The number of thiophene rings is 1. The molecule has 1 atom stereocenters. The van der Waals surface area contributed by atoms with Gasteiger partial charge in [0.2, 0.25) is 0 Å². The molecule has 1 aromatic carbocycles. The van der Waals surface area contributed by atoms with E-state index in [4.69, 9.17) is 13.9 Å². The van der Waals surface area contributed by atoms with Crippen LogP contribution in [0.15, 0.2) is 73.3 Å². The number of esters is 1. The molecule has 10 nitrogen and oxygen atoms in total. The number of hydrogen-bond acceptors (Lipinski definition) is 10. The Morgan fingerprint density at radius 2 is 2.11 bits per heavy atom. The summed E-state index contributed by atoms with van der Waals surface area (Å²) >= 11 is 2.62. The molecule has 1 aliphatic rings. The van der Waals surface area contributed by atoms with E-state index in [0.717, 1.165) is 4.88 Å². The first kappa shape index (κ1) is 25.4. The fourth-order valence-electron chi connectivity index (χ4n) is 4.21. The molecule has 0 radical (unpaired) electrons. The first-order valence-corrected chi connectivity index (χ1v) is 13.2. The van der Waals surface area contributed by atoms with Crippen molar-refractivity contribution in [1.82, 2.24) is 4.57 Å². The van der Waals surface area contributed by atoms with Gasteiger partial charge in [0.15, 0.2) is 4.80 Å². The number of thiazole rings is 1. The monoisotopic (exact) mass is 551 g/mol. The smallest absolute Gasteiger partial charge is 0.338 e. The third-order valence-electron chi connectivity index (χ3n) is 5.89. The molecule has 3 aromatic heterocycles.